The SMILES string of the molecule is CC(C)(C)c1cc(SNc2cc(Cl)cnc2Br)ccc1Cl. The normalized spacial score (nSPS) is 11.5. The highest BCUT2D eigenvalue weighted by atomic mass is 79.9. The minimum absolute atomic E-state index is 0.00580. The van der Waals surface area contributed by atoms with Gasteiger partial charge in [0.05, 0.1) is 10.7 Å². The van der Waals surface area contributed by atoms with Crippen LogP contribution in [0, 0.1) is 0 Å². The van der Waals surface area contributed by atoms with E-state index in [0.717, 1.165) is 25.8 Å². The lowest BCUT2D eigenvalue weighted by Crippen LogP contribution is -2.11. The van der Waals surface area contributed by atoms with Crippen LogP contribution in [0.15, 0.2) is 40.0 Å². The van der Waals surface area contributed by atoms with E-state index in [1.807, 2.05) is 18.2 Å². The van der Waals surface area contributed by atoms with Crippen LogP contribution in [0.4, 0.5) is 5.69 Å². The van der Waals surface area contributed by atoms with Crippen molar-refractivity contribution in [1.82, 2.24) is 4.98 Å². The predicted octanol–water partition coefficient (Wildman–Crippen LogP) is 6.57. The quantitative estimate of drug-likeness (QED) is 0.461. The van der Waals surface area contributed by atoms with E-state index in [9.17, 15) is 0 Å². The van der Waals surface area contributed by atoms with Crippen LogP contribution in [-0.2, 0) is 5.41 Å². The minimum atomic E-state index is 0.00580. The molecule has 0 saturated heterocycles. The maximum absolute atomic E-state index is 6.28. The fourth-order valence-corrected chi connectivity index (χ4v) is 3.45. The number of aromatic nitrogens is 1. The maximum atomic E-state index is 6.28. The van der Waals surface area contributed by atoms with E-state index in [0.29, 0.717) is 5.02 Å². The second-order valence-corrected chi connectivity index (χ2v) is 8.06. The number of rotatable bonds is 3. The van der Waals surface area contributed by atoms with Gasteiger partial charge in [-0.2, -0.15) is 0 Å². The topological polar surface area (TPSA) is 24.9 Å². The van der Waals surface area contributed by atoms with Crippen LogP contribution in [0.25, 0.3) is 0 Å². The molecule has 1 aromatic heterocycles. The Morgan fingerprint density at radius 2 is 1.90 bits per heavy atom. The zero-order valence-corrected chi connectivity index (χ0v) is 15.8. The first-order chi connectivity index (χ1) is 9.77. The lowest BCUT2D eigenvalue weighted by atomic mass is 9.87. The van der Waals surface area contributed by atoms with E-state index in [1.165, 1.54) is 11.9 Å². The van der Waals surface area contributed by atoms with Crippen molar-refractivity contribution in [2.75, 3.05) is 4.72 Å². The standard InChI is InChI=1S/C15H15BrCl2N2S/c1-15(2,3)11-7-10(4-5-12(11)18)21-20-13-6-9(17)8-19-14(13)16/h4-8,20H,1-3H3. The third-order valence-electron chi connectivity index (χ3n) is 2.83. The average Bonchev–Trinajstić information content (AvgIpc) is 2.40. The third kappa shape index (κ3) is 4.52. The summed E-state index contributed by atoms with van der Waals surface area (Å²) in [7, 11) is 0. The summed E-state index contributed by atoms with van der Waals surface area (Å²) >= 11 is 17.1. The molecule has 1 heterocycles. The van der Waals surface area contributed by atoms with Gasteiger partial charge in [0.1, 0.15) is 4.60 Å². The molecule has 0 spiro atoms. The third-order valence-corrected chi connectivity index (χ3v) is 4.81. The van der Waals surface area contributed by atoms with Crippen molar-refractivity contribution in [3.05, 3.63) is 50.7 Å². The molecule has 0 bridgehead atoms. The molecule has 0 aliphatic heterocycles. The van der Waals surface area contributed by atoms with Gasteiger partial charge in [0.25, 0.3) is 0 Å². The Morgan fingerprint density at radius 3 is 2.57 bits per heavy atom. The van der Waals surface area contributed by atoms with Crippen molar-refractivity contribution in [1.29, 1.82) is 0 Å². The average molecular weight is 406 g/mol. The van der Waals surface area contributed by atoms with Gasteiger partial charge < -0.3 is 4.72 Å². The Morgan fingerprint density at radius 1 is 1.19 bits per heavy atom. The zero-order chi connectivity index (χ0) is 15.6. The van der Waals surface area contributed by atoms with Crippen LogP contribution in [0.1, 0.15) is 26.3 Å². The van der Waals surface area contributed by atoms with Gasteiger partial charge in [-0.1, -0.05) is 44.0 Å². The summed E-state index contributed by atoms with van der Waals surface area (Å²) in [6.45, 7) is 6.44. The van der Waals surface area contributed by atoms with Gasteiger partial charge in [-0.3, -0.25) is 0 Å². The molecule has 0 amide bonds. The van der Waals surface area contributed by atoms with Crippen LogP contribution in [0.5, 0.6) is 0 Å². The Labute approximate surface area is 147 Å². The summed E-state index contributed by atoms with van der Waals surface area (Å²) in [5, 5.41) is 1.38. The number of anilines is 1. The van der Waals surface area contributed by atoms with E-state index < -0.39 is 0 Å². The Hall–Kier alpha value is -0.420. The molecule has 112 valence electrons. The van der Waals surface area contributed by atoms with E-state index in [1.54, 1.807) is 6.20 Å². The Kier molecular flexibility index (Phi) is 5.47. The fourth-order valence-electron chi connectivity index (χ4n) is 1.75. The molecule has 2 aromatic rings. The Balaban J connectivity index is 2.19. The van der Waals surface area contributed by atoms with E-state index in [4.69, 9.17) is 23.2 Å². The number of nitrogens with one attached hydrogen (secondary N) is 1. The molecule has 6 heteroatoms. The summed E-state index contributed by atoms with van der Waals surface area (Å²) in [5.41, 5.74) is 1.96. The maximum Gasteiger partial charge on any atom is 0.130 e. The highest BCUT2D eigenvalue weighted by Gasteiger charge is 2.17. The van der Waals surface area contributed by atoms with Gasteiger partial charge in [-0.15, -0.1) is 0 Å². The van der Waals surface area contributed by atoms with Gasteiger partial charge >= 0.3 is 0 Å². The van der Waals surface area contributed by atoms with Crippen molar-refractivity contribution in [2.45, 2.75) is 31.1 Å². The monoisotopic (exact) mass is 404 g/mol. The molecular formula is C15H15BrCl2N2S. The number of nitrogens with zero attached hydrogens (tertiary/aromatic N) is 1. The van der Waals surface area contributed by atoms with Gasteiger partial charge in [0.2, 0.25) is 0 Å². The number of halogens is 3. The summed E-state index contributed by atoms with van der Waals surface area (Å²) < 4.78 is 3.97. The molecule has 2 rings (SSSR count). The molecule has 0 saturated carbocycles. The molecule has 0 aliphatic rings. The van der Waals surface area contributed by atoms with Crippen LogP contribution in [0.3, 0.4) is 0 Å². The van der Waals surface area contributed by atoms with Gasteiger partial charge in [0.15, 0.2) is 0 Å². The first-order valence-electron chi connectivity index (χ1n) is 6.31. The first-order valence-corrected chi connectivity index (χ1v) is 8.68. The highest BCUT2D eigenvalue weighted by molar-refractivity contribution is 9.10. The smallest absolute Gasteiger partial charge is 0.130 e. The van der Waals surface area contributed by atoms with Crippen molar-refractivity contribution >= 4 is 56.8 Å². The van der Waals surface area contributed by atoms with Gasteiger partial charge in [0, 0.05) is 16.1 Å². The molecule has 0 unspecified atom stereocenters. The van der Waals surface area contributed by atoms with Crippen molar-refractivity contribution in [3.8, 4) is 0 Å². The second kappa shape index (κ2) is 6.78. The molecular weight excluding hydrogens is 391 g/mol. The highest BCUT2D eigenvalue weighted by Crippen LogP contribution is 2.34. The fraction of sp³-hybridized carbons (Fsp3) is 0.267. The van der Waals surface area contributed by atoms with Crippen molar-refractivity contribution in [2.24, 2.45) is 0 Å². The first kappa shape index (κ1) is 16.9. The van der Waals surface area contributed by atoms with Crippen molar-refractivity contribution < 1.29 is 0 Å². The molecule has 2 nitrogen and oxygen atoms in total. The number of pyridine rings is 1. The molecule has 1 N–H and O–H groups in total. The van der Waals surface area contributed by atoms with E-state index >= 15 is 0 Å². The van der Waals surface area contributed by atoms with Crippen molar-refractivity contribution in [3.63, 3.8) is 0 Å². The van der Waals surface area contributed by atoms with Crippen LogP contribution in [-0.4, -0.2) is 4.98 Å². The predicted molar refractivity (Wildman–Crippen MR) is 96.6 cm³/mol. The van der Waals surface area contributed by atoms with Gasteiger partial charge in [-0.05, 0) is 63.1 Å². The van der Waals surface area contributed by atoms with Crippen LogP contribution >= 0.6 is 51.1 Å². The summed E-state index contributed by atoms with van der Waals surface area (Å²) in [5.74, 6) is 0. The summed E-state index contributed by atoms with van der Waals surface area (Å²) in [6.07, 6.45) is 1.60. The lowest BCUT2D eigenvalue weighted by Gasteiger charge is -2.21. The van der Waals surface area contributed by atoms with E-state index in [2.05, 4.69) is 52.5 Å². The lowest BCUT2D eigenvalue weighted by molar-refractivity contribution is 0.589. The zero-order valence-electron chi connectivity index (χ0n) is 11.9. The molecule has 0 atom stereocenters. The molecule has 1 aromatic carbocycles. The second-order valence-electron chi connectivity index (χ2n) is 5.59. The van der Waals surface area contributed by atoms with Gasteiger partial charge in [-0.25, -0.2) is 4.98 Å². The largest absolute Gasteiger partial charge is 0.323 e. The molecule has 0 aliphatic carbocycles. The summed E-state index contributed by atoms with van der Waals surface area (Å²) in [6, 6.07) is 7.84. The van der Waals surface area contributed by atoms with Crippen LogP contribution in [0.2, 0.25) is 10.0 Å². The Bertz CT molecular complexity index is 657. The number of hydrogen-bond acceptors (Lipinski definition) is 3. The molecule has 0 radical (unpaired) electrons. The number of benzene rings is 1. The molecule has 0 fully saturated rings. The van der Waals surface area contributed by atoms with Crippen LogP contribution < -0.4 is 4.72 Å². The van der Waals surface area contributed by atoms with E-state index in [-0.39, 0.29) is 5.41 Å². The summed E-state index contributed by atoms with van der Waals surface area (Å²) in [4.78, 5) is 5.23. The number of hydrogen-bond donors (Lipinski definition) is 1. The molecule has 21 heavy (non-hydrogen) atoms. The minimum Gasteiger partial charge on any atom is -0.323 e.